The van der Waals surface area contributed by atoms with Gasteiger partial charge >= 0.3 is 12.1 Å². The van der Waals surface area contributed by atoms with Gasteiger partial charge in [0.1, 0.15) is 0 Å². The summed E-state index contributed by atoms with van der Waals surface area (Å²) in [7, 11) is 1.18. The highest BCUT2D eigenvalue weighted by molar-refractivity contribution is 5.92. The highest BCUT2D eigenvalue weighted by Gasteiger charge is 2.30. The normalized spacial score (nSPS) is 12.6. The average Bonchev–Trinajstić information content (AvgIpc) is 3.04. The van der Waals surface area contributed by atoms with Crippen LogP contribution >= 0.6 is 0 Å². The molecule has 0 aliphatic rings. The Labute approximate surface area is 138 Å². The molecular formula is C13H12F3N5O4. The zero-order valence-electron chi connectivity index (χ0n) is 12.7. The number of carbonyl (C=O) groups excluding carboxylic acids is 1. The van der Waals surface area contributed by atoms with E-state index in [0.29, 0.717) is 6.20 Å². The maximum absolute atomic E-state index is 12.5. The molecule has 2 N–H and O–H groups in total. The van der Waals surface area contributed by atoms with Crippen LogP contribution < -0.4 is 5.32 Å². The molecule has 0 saturated carbocycles. The van der Waals surface area contributed by atoms with Crippen molar-refractivity contribution in [2.75, 3.05) is 13.7 Å². The summed E-state index contributed by atoms with van der Waals surface area (Å²) in [6, 6.07) is 1.89. The molecule has 12 heteroatoms. The number of ether oxygens (including phenoxy) is 1. The van der Waals surface area contributed by atoms with Crippen molar-refractivity contribution in [3.63, 3.8) is 0 Å². The minimum atomic E-state index is -4.51. The number of halogens is 3. The van der Waals surface area contributed by atoms with E-state index in [-0.39, 0.29) is 18.1 Å². The number of alkyl halides is 3. The Hall–Kier alpha value is -3.02. The fourth-order valence-corrected chi connectivity index (χ4v) is 1.72. The van der Waals surface area contributed by atoms with Crippen molar-refractivity contribution in [2.24, 2.45) is 0 Å². The Morgan fingerprint density at radius 3 is 2.64 bits per heavy atom. The van der Waals surface area contributed by atoms with Crippen molar-refractivity contribution in [1.82, 2.24) is 25.3 Å². The van der Waals surface area contributed by atoms with Crippen LogP contribution in [0.4, 0.5) is 13.2 Å². The van der Waals surface area contributed by atoms with Crippen molar-refractivity contribution in [3.8, 4) is 5.82 Å². The van der Waals surface area contributed by atoms with E-state index in [0.717, 1.165) is 23.0 Å². The van der Waals surface area contributed by atoms with Gasteiger partial charge in [-0.05, 0) is 12.1 Å². The monoisotopic (exact) mass is 359 g/mol. The zero-order chi connectivity index (χ0) is 18.6. The second kappa shape index (κ2) is 7.25. The number of carbonyl (C=O) groups is 2. The predicted octanol–water partition coefficient (Wildman–Crippen LogP) is 0.510. The Morgan fingerprint density at radius 1 is 1.40 bits per heavy atom. The summed E-state index contributed by atoms with van der Waals surface area (Å²) in [4.78, 5) is 26.3. The van der Waals surface area contributed by atoms with Crippen LogP contribution in [0.5, 0.6) is 0 Å². The number of nitrogens with one attached hydrogen (secondary N) is 1. The van der Waals surface area contributed by atoms with E-state index in [1.807, 2.05) is 0 Å². The molecule has 0 saturated heterocycles. The predicted molar refractivity (Wildman–Crippen MR) is 74.9 cm³/mol. The molecule has 0 bridgehead atoms. The van der Waals surface area contributed by atoms with E-state index in [1.165, 1.54) is 7.11 Å². The molecule has 2 aromatic rings. The van der Waals surface area contributed by atoms with Gasteiger partial charge in [-0.3, -0.25) is 4.79 Å². The van der Waals surface area contributed by atoms with Crippen molar-refractivity contribution in [2.45, 2.75) is 12.3 Å². The first-order chi connectivity index (χ1) is 11.7. The lowest BCUT2D eigenvalue weighted by molar-refractivity contribution is -0.148. The topological polar surface area (TPSA) is 119 Å². The van der Waals surface area contributed by atoms with Crippen LogP contribution in [0.25, 0.3) is 5.82 Å². The van der Waals surface area contributed by atoms with E-state index in [9.17, 15) is 22.8 Å². The number of methoxy groups -OCH3 is 1. The third-order valence-electron chi connectivity index (χ3n) is 3.04. The van der Waals surface area contributed by atoms with E-state index < -0.39 is 29.7 Å². The molecule has 0 aliphatic carbocycles. The molecule has 2 rings (SSSR count). The number of nitrogens with zero attached hydrogens (tertiary/aromatic N) is 4. The molecule has 25 heavy (non-hydrogen) atoms. The highest BCUT2D eigenvalue weighted by atomic mass is 19.4. The minimum absolute atomic E-state index is 0.0276. The first-order valence-electron chi connectivity index (χ1n) is 6.72. The number of aromatic nitrogens is 4. The van der Waals surface area contributed by atoms with E-state index in [1.54, 1.807) is 0 Å². The quantitative estimate of drug-likeness (QED) is 0.771. The molecule has 0 fully saturated rings. The molecule has 0 radical (unpaired) electrons. The highest BCUT2D eigenvalue weighted by Crippen LogP contribution is 2.28. The van der Waals surface area contributed by atoms with Gasteiger partial charge in [-0.1, -0.05) is 5.21 Å². The lowest BCUT2D eigenvalue weighted by atomic mass is 10.3. The lowest BCUT2D eigenvalue weighted by Crippen LogP contribution is -2.37. The second-order valence-electron chi connectivity index (χ2n) is 4.72. The second-order valence-corrected chi connectivity index (χ2v) is 4.72. The Kier molecular flexibility index (Phi) is 5.32. The van der Waals surface area contributed by atoms with Gasteiger partial charge in [-0.25, -0.2) is 14.5 Å². The van der Waals surface area contributed by atoms with Crippen LogP contribution in [0.3, 0.4) is 0 Å². The summed E-state index contributed by atoms with van der Waals surface area (Å²) in [5.41, 5.74) is -1.09. The van der Waals surface area contributed by atoms with Crippen molar-refractivity contribution in [3.05, 3.63) is 35.8 Å². The molecular weight excluding hydrogens is 347 g/mol. The van der Waals surface area contributed by atoms with Crippen molar-refractivity contribution >= 4 is 11.9 Å². The van der Waals surface area contributed by atoms with Crippen LogP contribution in [0.15, 0.2) is 24.5 Å². The molecule has 1 unspecified atom stereocenters. The largest absolute Gasteiger partial charge is 0.479 e. The molecule has 9 nitrogen and oxygen atoms in total. The Balaban J connectivity index is 2.06. The number of aliphatic carboxylic acids is 1. The fraction of sp³-hybridized carbons (Fsp3) is 0.308. The van der Waals surface area contributed by atoms with Gasteiger partial charge in [0.05, 0.1) is 18.3 Å². The summed E-state index contributed by atoms with van der Waals surface area (Å²) in [5.74, 6) is -1.94. The number of amides is 1. The van der Waals surface area contributed by atoms with Gasteiger partial charge in [0.15, 0.2) is 17.6 Å². The van der Waals surface area contributed by atoms with Gasteiger partial charge in [-0.2, -0.15) is 13.2 Å². The third-order valence-corrected chi connectivity index (χ3v) is 3.04. The van der Waals surface area contributed by atoms with Crippen LogP contribution in [0.1, 0.15) is 16.1 Å². The van der Waals surface area contributed by atoms with Gasteiger partial charge < -0.3 is 15.2 Å². The van der Waals surface area contributed by atoms with Gasteiger partial charge in [0.2, 0.25) is 0 Å². The molecule has 2 aromatic heterocycles. The number of carboxylic acid groups (broad SMARTS) is 1. The number of pyridine rings is 1. The Bertz CT molecular complexity index is 760. The Morgan fingerprint density at radius 2 is 2.12 bits per heavy atom. The third kappa shape index (κ3) is 4.50. The lowest BCUT2D eigenvalue weighted by Gasteiger charge is -2.10. The van der Waals surface area contributed by atoms with Crippen LogP contribution in [-0.2, 0) is 15.7 Å². The number of rotatable bonds is 6. The number of carboxylic acids is 1. The van der Waals surface area contributed by atoms with Crippen LogP contribution in [0.2, 0.25) is 0 Å². The maximum Gasteiger partial charge on any atom is 0.417 e. The first-order valence-corrected chi connectivity index (χ1v) is 6.72. The van der Waals surface area contributed by atoms with E-state index >= 15 is 0 Å². The molecule has 0 spiro atoms. The summed E-state index contributed by atoms with van der Waals surface area (Å²) >= 11 is 0. The molecule has 0 aliphatic heterocycles. The first kappa shape index (κ1) is 18.3. The summed E-state index contributed by atoms with van der Waals surface area (Å²) in [6.07, 6.45) is -3.96. The fourth-order valence-electron chi connectivity index (χ4n) is 1.72. The smallest absolute Gasteiger partial charge is 0.417 e. The van der Waals surface area contributed by atoms with Crippen molar-refractivity contribution < 1.29 is 32.6 Å². The molecule has 1 atom stereocenters. The number of hydrogen-bond donors (Lipinski definition) is 2. The molecule has 0 aromatic carbocycles. The summed E-state index contributed by atoms with van der Waals surface area (Å²) in [6.45, 7) is -0.296. The van der Waals surface area contributed by atoms with Crippen LogP contribution in [0, 0.1) is 0 Å². The van der Waals surface area contributed by atoms with Crippen molar-refractivity contribution in [1.29, 1.82) is 0 Å². The van der Waals surface area contributed by atoms with Gasteiger partial charge in [0, 0.05) is 13.3 Å². The maximum atomic E-state index is 12.5. The zero-order valence-corrected chi connectivity index (χ0v) is 12.7. The number of hydrogen-bond acceptors (Lipinski definition) is 6. The van der Waals surface area contributed by atoms with E-state index in [2.05, 4.69) is 25.3 Å². The summed E-state index contributed by atoms with van der Waals surface area (Å²) < 4.78 is 43.1. The standard InChI is InChI=1S/C13H12F3N5O4/c1-25-9(12(23)24)5-18-11(22)8-6-21(20-19-8)10-3-2-7(4-17-10)13(14,15)16/h2-4,6,9H,5H2,1H3,(H,18,22)(H,23,24). The summed E-state index contributed by atoms with van der Waals surface area (Å²) in [5, 5.41) is 18.2. The van der Waals surface area contributed by atoms with Crippen LogP contribution in [-0.4, -0.2) is 56.7 Å². The molecule has 2 heterocycles. The molecule has 134 valence electrons. The SMILES string of the molecule is COC(CNC(=O)c1cn(-c2ccc(C(F)(F)F)cn2)nn1)C(=O)O. The van der Waals surface area contributed by atoms with E-state index in [4.69, 9.17) is 5.11 Å². The average molecular weight is 359 g/mol. The molecule has 1 amide bonds. The van der Waals surface area contributed by atoms with Gasteiger partial charge in [0.25, 0.3) is 5.91 Å². The minimum Gasteiger partial charge on any atom is -0.479 e. The van der Waals surface area contributed by atoms with Gasteiger partial charge in [-0.15, -0.1) is 5.10 Å².